The summed E-state index contributed by atoms with van der Waals surface area (Å²) in [7, 11) is 10.5. The van der Waals surface area contributed by atoms with Crippen molar-refractivity contribution in [2.24, 2.45) is 52.0 Å². The molecular weight excluding hydrogens is 1170 g/mol. The number of aliphatic hydroxyl groups excluding tert-OH is 1. The van der Waals surface area contributed by atoms with Gasteiger partial charge in [-0.25, -0.2) is 0 Å². The molecule has 0 aromatic heterocycles. The fraction of sp³-hybridized carbons (Fsp3) is 0.609. The Kier molecular flexibility index (Phi) is 1270. The molecule has 0 bridgehead atoms. The predicted octanol–water partition coefficient (Wildman–Crippen LogP) is 10.4. The van der Waals surface area contributed by atoms with Crippen molar-refractivity contribution in [3.05, 3.63) is 71.8 Å². The minimum atomic E-state index is -0.167. The van der Waals surface area contributed by atoms with E-state index in [9.17, 15) is 4.79 Å². The van der Waals surface area contributed by atoms with Gasteiger partial charge in [0, 0.05) is 26.1 Å². The van der Waals surface area contributed by atoms with E-state index in [1.165, 1.54) is 86.1 Å². The lowest BCUT2D eigenvalue weighted by molar-refractivity contribution is -0.129. The number of nitrogens with two attached hydrogens (primary N) is 7. The molecule has 30 N–H and O–H groups in total. The Hall–Kier alpha value is -6.57. The molecule has 0 atom stereocenters. The van der Waals surface area contributed by atoms with Crippen LogP contribution < -0.4 is 70.9 Å². The molecule has 1 saturated heterocycles. The minimum absolute atomic E-state index is 0. The monoisotopic (exact) mass is 1340 g/mol. The predicted molar refractivity (Wildman–Crippen MR) is 409 cm³/mol. The summed E-state index contributed by atoms with van der Waals surface area (Å²) in [6.07, 6.45) is 7.10. The van der Waals surface area contributed by atoms with Crippen molar-refractivity contribution in [2.75, 3.05) is 62.4 Å². The third-order valence-corrected chi connectivity index (χ3v) is 5.12. The van der Waals surface area contributed by atoms with Gasteiger partial charge < -0.3 is 138 Å². The number of nitrogens with zero attached hydrogens (tertiary/aromatic N) is 1. The first-order valence-corrected chi connectivity index (χ1v) is 27.4. The van der Waals surface area contributed by atoms with Gasteiger partial charge in [-0.2, -0.15) is 0 Å². The van der Waals surface area contributed by atoms with E-state index in [4.69, 9.17) is 62.6 Å². The van der Waals surface area contributed by atoms with Crippen LogP contribution in [0.25, 0.3) is 0 Å². The van der Waals surface area contributed by atoms with Crippen LogP contribution in [-0.2, 0) is 75.2 Å². The van der Waals surface area contributed by atoms with E-state index in [2.05, 4.69) is 144 Å². The molecule has 1 amide bonds. The summed E-state index contributed by atoms with van der Waals surface area (Å²) in [6, 6.07) is 20.9. The second-order valence-corrected chi connectivity index (χ2v) is 10.9. The number of rotatable bonds is 3. The fourth-order valence-electron chi connectivity index (χ4n) is 2.64. The van der Waals surface area contributed by atoms with Gasteiger partial charge in [-0.3, -0.25) is 4.79 Å². The van der Waals surface area contributed by atoms with Gasteiger partial charge in [0.1, 0.15) is 81.5 Å². The van der Waals surface area contributed by atoms with Crippen molar-refractivity contribution in [3.63, 3.8) is 0 Å². The highest BCUT2D eigenvalue weighted by Gasteiger charge is 2.11. The van der Waals surface area contributed by atoms with Gasteiger partial charge in [-0.05, 0) is 118 Å². The molecule has 2 aromatic carbocycles. The quantitative estimate of drug-likeness (QED) is 0.136. The van der Waals surface area contributed by atoms with Crippen molar-refractivity contribution >= 4 is 87.4 Å². The number of amides is 1. The van der Waals surface area contributed by atoms with Crippen molar-refractivity contribution in [1.82, 2.24) is 35.7 Å². The van der Waals surface area contributed by atoms with Gasteiger partial charge >= 0.3 is 0 Å². The topological polar surface area (TPSA) is 603 Å². The zero-order chi connectivity index (χ0) is 77.8. The summed E-state index contributed by atoms with van der Waals surface area (Å²) in [5.74, 6) is 1.95. The van der Waals surface area contributed by atoms with Gasteiger partial charge in [-0.15, -0.1) is 0 Å². The molecule has 3 rings (SSSR count). The van der Waals surface area contributed by atoms with Crippen molar-refractivity contribution in [2.45, 2.75) is 190 Å². The fourth-order valence-corrected chi connectivity index (χ4v) is 2.64. The van der Waals surface area contributed by atoms with Crippen LogP contribution in [0.1, 0.15) is 182 Å². The Balaban J connectivity index is -0.0000000135. The number of benzene rings is 2. The van der Waals surface area contributed by atoms with E-state index in [0.29, 0.717) is 0 Å². The second-order valence-electron chi connectivity index (χ2n) is 10.9. The number of carbonyl (C=O) groups excluding carboxylic acids is 13. The average molecular weight is 1340 g/mol. The summed E-state index contributed by atoms with van der Waals surface area (Å²) >= 11 is 0. The molecule has 91 heavy (non-hydrogen) atoms. The summed E-state index contributed by atoms with van der Waals surface area (Å²) in [5.41, 5.74) is 34.3. The first-order valence-electron chi connectivity index (χ1n) is 27.4. The molecule has 1 fully saturated rings. The maximum Gasteiger partial charge on any atom is 0.219 e. The number of hydrogen-bond donors (Lipinski definition) is 13. The van der Waals surface area contributed by atoms with Crippen molar-refractivity contribution < 1.29 is 67.4 Å². The molecule has 27 heteroatoms. The molecule has 572 valence electrons. The zero-order valence-electron chi connectivity index (χ0n) is 64.9. The third kappa shape index (κ3) is 735. The van der Waals surface area contributed by atoms with Gasteiger partial charge in [-0.1, -0.05) is 192 Å². The Morgan fingerprint density at radius 2 is 0.484 bits per heavy atom. The Morgan fingerprint density at radius 3 is 0.549 bits per heavy atom. The van der Waals surface area contributed by atoms with Crippen LogP contribution in [0.4, 0.5) is 0 Å². The highest BCUT2D eigenvalue weighted by atomic mass is 16.3. The van der Waals surface area contributed by atoms with E-state index in [1.54, 1.807) is 20.8 Å². The van der Waals surface area contributed by atoms with E-state index in [0.717, 1.165) is 37.8 Å². The standard InChI is InChI=1S/2C8H10.C7H13NO.C5H12.C4H10.C3H8O.5C2H6.7CH5N.12CH2O.5H3N/c2*1-2-8-6-4-3-5-7-8;1-7(9)8-5-3-2-4-6-8;1-4-5(2)3;1-4(2)3;1-3(2)4;24*1-2;;;;;/h2*3-7H,2H2,1H3;2-6H2,1H3;5H,4H2,1-3H3;4H,1-3H3;3-4H,1-2H3;5*1-2H3;7*2H2,1H3;12*1H2;5*1H3. The number of aryl methyl sites for hydroxylation is 2. The van der Waals surface area contributed by atoms with E-state index in [-0.39, 0.29) is 42.8 Å². The number of carbonyl (C=O) groups is 13. The van der Waals surface area contributed by atoms with E-state index in [1.807, 2.05) is 168 Å². The molecule has 0 radical (unpaired) electrons. The van der Waals surface area contributed by atoms with Crippen LogP contribution in [0.15, 0.2) is 60.7 Å². The molecule has 1 aliphatic heterocycles. The number of hydrogen-bond acceptors (Lipinski definition) is 26. The van der Waals surface area contributed by atoms with Gasteiger partial charge in [0.05, 0.1) is 0 Å². The van der Waals surface area contributed by atoms with Gasteiger partial charge in [0.2, 0.25) is 5.91 Å². The van der Waals surface area contributed by atoms with Crippen LogP contribution in [0, 0.1) is 11.8 Å². The minimum Gasteiger partial charge on any atom is -0.394 e. The van der Waals surface area contributed by atoms with Crippen LogP contribution in [0.2, 0.25) is 0 Å². The van der Waals surface area contributed by atoms with E-state index < -0.39 is 0 Å². The highest BCUT2D eigenvalue weighted by molar-refractivity contribution is 5.73. The lowest BCUT2D eigenvalue weighted by atomic mass is 10.1. The maximum absolute atomic E-state index is 10.7. The molecular formula is C64H167N13O14. The Labute approximate surface area is 564 Å². The summed E-state index contributed by atoms with van der Waals surface area (Å²) in [5, 5.41) is 8.06. The highest BCUT2D eigenvalue weighted by Crippen LogP contribution is 2.07. The average Bonchev–Trinajstić information content (AvgIpc) is 3.65. The largest absolute Gasteiger partial charge is 0.394 e. The van der Waals surface area contributed by atoms with Crippen molar-refractivity contribution in [3.8, 4) is 0 Å². The van der Waals surface area contributed by atoms with Crippen LogP contribution in [-0.4, -0.2) is 166 Å². The molecule has 1 heterocycles. The molecule has 0 unspecified atom stereocenters. The van der Waals surface area contributed by atoms with E-state index >= 15 is 0 Å². The Morgan fingerprint density at radius 1 is 0.363 bits per heavy atom. The maximum atomic E-state index is 10.7. The van der Waals surface area contributed by atoms with Crippen LogP contribution in [0.5, 0.6) is 0 Å². The van der Waals surface area contributed by atoms with Crippen LogP contribution >= 0.6 is 0 Å². The zero-order valence-corrected chi connectivity index (χ0v) is 64.9. The first-order chi connectivity index (χ1) is 41.9. The van der Waals surface area contributed by atoms with Gasteiger partial charge in [0.25, 0.3) is 0 Å². The smallest absolute Gasteiger partial charge is 0.219 e. The lowest BCUT2D eigenvalue weighted by Crippen LogP contribution is -2.33. The van der Waals surface area contributed by atoms with Gasteiger partial charge in [0.15, 0.2) is 0 Å². The molecule has 2 aromatic rings. The second kappa shape index (κ2) is 539. The third-order valence-electron chi connectivity index (χ3n) is 5.12. The lowest BCUT2D eigenvalue weighted by Gasteiger charge is -2.24. The summed E-state index contributed by atoms with van der Waals surface area (Å²) in [4.78, 5) is 109. The normalized spacial score (nSPS) is 6.21. The molecule has 0 aliphatic carbocycles. The number of likely N-dealkylation sites (tertiary alicyclic amines) is 1. The number of aliphatic hydroxyl groups is 1. The molecule has 0 spiro atoms. The number of piperidine rings is 1. The summed E-state index contributed by atoms with van der Waals surface area (Å²) in [6.45, 7) is 68.5. The van der Waals surface area contributed by atoms with Crippen LogP contribution in [0.3, 0.4) is 0 Å². The van der Waals surface area contributed by atoms with Crippen molar-refractivity contribution in [1.29, 1.82) is 0 Å². The SMILES string of the molecule is C=O.C=O.C=O.C=O.C=O.C=O.C=O.C=O.C=O.C=O.C=O.C=O.CC.CC.CC.CC.CC.CC(=O)N1CCCCC1.CC(C)C.CC(C)O.CCC(C)C.CCc1ccccc1.CCc1ccccc1.CN.CN.CN.CN.CN.CN.CN.N.N.N.N.N. The summed E-state index contributed by atoms with van der Waals surface area (Å²) < 4.78 is 0. The molecule has 27 nitrogen and oxygen atoms in total. The first kappa shape index (κ1) is 214. The molecule has 0 saturated carbocycles. The molecule has 1 aliphatic rings. The Bertz CT molecular complexity index is 882.